The number of Topliss-reactive ketones (excluding diaryl/α,β-unsaturated/α-hetero) is 1. The number of ether oxygens (including phenoxy) is 2. The van der Waals surface area contributed by atoms with E-state index in [0.717, 1.165) is 50.5 Å². The molecule has 5 rings (SSSR count). The maximum absolute atomic E-state index is 14.6. The summed E-state index contributed by atoms with van der Waals surface area (Å²) in [6.45, 7) is 18.5. The predicted octanol–water partition coefficient (Wildman–Crippen LogP) is 6.88. The summed E-state index contributed by atoms with van der Waals surface area (Å²) in [5.74, 6) is -0.857. The van der Waals surface area contributed by atoms with Crippen molar-refractivity contribution >= 4 is 23.6 Å². The molecule has 0 aromatic carbocycles. The zero-order valence-corrected chi connectivity index (χ0v) is 28.7. The number of nitrogens with one attached hydrogen (secondary N) is 1. The molecule has 1 N–H and O–H groups in total. The fraction of sp³-hybridized carbons (Fsp3) is 0.757. The van der Waals surface area contributed by atoms with Crippen LogP contribution >= 0.6 is 0 Å². The molecule has 0 radical (unpaired) electrons. The molecule has 5 aliphatic rings. The highest BCUT2D eigenvalue weighted by molar-refractivity contribution is 6.02. The van der Waals surface area contributed by atoms with Crippen molar-refractivity contribution in [3.63, 3.8) is 0 Å². The Balaban J connectivity index is 1.46. The lowest BCUT2D eigenvalue weighted by atomic mass is 9.35. The maximum atomic E-state index is 14.6. The fourth-order valence-electron chi connectivity index (χ4n) is 10.3. The molecule has 8 nitrogen and oxygen atoms in total. The number of allylic oxidation sites excluding steroid dienone is 4. The number of fused-ring (bicyclic) bond motifs is 7. The van der Waals surface area contributed by atoms with E-state index in [-0.39, 0.29) is 75.6 Å². The molecule has 3 saturated carbocycles. The number of carbonyl (C=O) groups excluding carboxylic acids is 4. The Morgan fingerprint density at radius 1 is 1.02 bits per heavy atom. The summed E-state index contributed by atoms with van der Waals surface area (Å²) < 4.78 is 11.1. The van der Waals surface area contributed by atoms with Crippen LogP contribution in [0.5, 0.6) is 0 Å². The molecule has 0 bridgehead atoms. The van der Waals surface area contributed by atoms with Gasteiger partial charge < -0.3 is 14.8 Å². The topological polar surface area (TPSA) is 123 Å². The lowest BCUT2D eigenvalue weighted by molar-refractivity contribution is -0.183. The third-order valence-electron chi connectivity index (χ3n) is 13.0. The monoisotopic (exact) mass is 620 g/mol. The lowest BCUT2D eigenvalue weighted by Gasteiger charge is -2.68. The summed E-state index contributed by atoms with van der Waals surface area (Å²) in [4.78, 5) is 52.5. The first-order valence-electron chi connectivity index (χ1n) is 16.8. The summed E-state index contributed by atoms with van der Waals surface area (Å²) in [5.41, 5.74) is -0.778. The SMILES string of the molecule is CC1C(=O)C(C#N)=CC2(C)C3=CC(=O)C4C5CC(C)(C)CCC5(COC(=O)CNC(=O)OC(C)(C)C)CCC4(C)C3(C)CCC12. The summed E-state index contributed by atoms with van der Waals surface area (Å²) in [7, 11) is 0. The van der Waals surface area contributed by atoms with Gasteiger partial charge in [0.25, 0.3) is 0 Å². The van der Waals surface area contributed by atoms with Crippen LogP contribution in [0, 0.1) is 62.1 Å². The van der Waals surface area contributed by atoms with Gasteiger partial charge in [-0.05, 0) is 99.9 Å². The first-order valence-corrected chi connectivity index (χ1v) is 16.8. The molecule has 5 aliphatic carbocycles. The average Bonchev–Trinajstić information content (AvgIpc) is 2.93. The zero-order chi connectivity index (χ0) is 33.4. The van der Waals surface area contributed by atoms with E-state index in [1.165, 1.54) is 0 Å². The smallest absolute Gasteiger partial charge is 0.408 e. The summed E-state index contributed by atoms with van der Waals surface area (Å²) in [6, 6.07) is 2.15. The van der Waals surface area contributed by atoms with E-state index in [1.807, 2.05) is 19.1 Å². The zero-order valence-electron chi connectivity index (χ0n) is 28.7. The average molecular weight is 621 g/mol. The van der Waals surface area contributed by atoms with Crippen molar-refractivity contribution in [2.45, 2.75) is 113 Å². The number of hydrogen-bond donors (Lipinski definition) is 1. The van der Waals surface area contributed by atoms with Crippen LogP contribution in [0.25, 0.3) is 0 Å². The van der Waals surface area contributed by atoms with Gasteiger partial charge in [0.15, 0.2) is 11.6 Å². The van der Waals surface area contributed by atoms with Crippen LogP contribution in [0.3, 0.4) is 0 Å². The quantitative estimate of drug-likeness (QED) is 0.340. The Morgan fingerprint density at radius 3 is 2.33 bits per heavy atom. The van der Waals surface area contributed by atoms with Gasteiger partial charge >= 0.3 is 12.1 Å². The van der Waals surface area contributed by atoms with E-state index in [9.17, 15) is 24.4 Å². The highest BCUT2D eigenvalue weighted by Gasteiger charge is 2.69. The molecule has 0 aliphatic heterocycles. The Labute approximate surface area is 268 Å². The minimum absolute atomic E-state index is 0.0383. The second kappa shape index (κ2) is 10.8. The van der Waals surface area contributed by atoms with Crippen LogP contribution in [0.2, 0.25) is 0 Å². The van der Waals surface area contributed by atoms with Gasteiger partial charge in [0.05, 0.1) is 12.2 Å². The van der Waals surface area contributed by atoms with Crippen LogP contribution < -0.4 is 5.32 Å². The van der Waals surface area contributed by atoms with Gasteiger partial charge in [0, 0.05) is 22.7 Å². The molecule has 8 atom stereocenters. The van der Waals surface area contributed by atoms with E-state index in [4.69, 9.17) is 9.47 Å². The molecular weight excluding hydrogens is 568 g/mol. The van der Waals surface area contributed by atoms with Gasteiger partial charge in [-0.15, -0.1) is 0 Å². The van der Waals surface area contributed by atoms with Gasteiger partial charge in [0.1, 0.15) is 18.2 Å². The van der Waals surface area contributed by atoms with Crippen molar-refractivity contribution in [1.29, 1.82) is 5.26 Å². The maximum Gasteiger partial charge on any atom is 0.408 e. The number of ketones is 2. The Kier molecular flexibility index (Phi) is 8.03. The second-order valence-electron chi connectivity index (χ2n) is 17.3. The minimum Gasteiger partial charge on any atom is -0.464 e. The van der Waals surface area contributed by atoms with Gasteiger partial charge in [-0.2, -0.15) is 5.26 Å². The van der Waals surface area contributed by atoms with Gasteiger partial charge in [-0.1, -0.05) is 53.2 Å². The molecule has 8 unspecified atom stereocenters. The van der Waals surface area contributed by atoms with Crippen LogP contribution in [0.4, 0.5) is 4.79 Å². The van der Waals surface area contributed by atoms with Crippen molar-refractivity contribution in [2.24, 2.45) is 50.7 Å². The minimum atomic E-state index is -0.668. The Bertz CT molecular complexity index is 1410. The summed E-state index contributed by atoms with van der Waals surface area (Å²) >= 11 is 0. The van der Waals surface area contributed by atoms with E-state index in [0.29, 0.717) is 0 Å². The third kappa shape index (κ3) is 5.36. The molecule has 3 fully saturated rings. The van der Waals surface area contributed by atoms with Crippen molar-refractivity contribution in [3.05, 3.63) is 23.3 Å². The van der Waals surface area contributed by atoms with E-state index in [2.05, 4.69) is 46.0 Å². The number of nitrogens with zero attached hydrogens (tertiary/aromatic N) is 1. The molecule has 0 saturated heterocycles. The van der Waals surface area contributed by atoms with Crippen molar-refractivity contribution in [2.75, 3.05) is 13.2 Å². The lowest BCUT2D eigenvalue weighted by Crippen LogP contribution is -2.64. The molecule has 0 aromatic heterocycles. The Morgan fingerprint density at radius 2 is 1.69 bits per heavy atom. The van der Waals surface area contributed by atoms with Crippen LogP contribution in [0.1, 0.15) is 107 Å². The van der Waals surface area contributed by atoms with Crippen molar-refractivity contribution in [3.8, 4) is 6.07 Å². The molecule has 0 spiro atoms. The van der Waals surface area contributed by atoms with Gasteiger partial charge in [-0.3, -0.25) is 14.4 Å². The van der Waals surface area contributed by atoms with E-state index < -0.39 is 23.1 Å². The molecule has 0 aromatic rings. The van der Waals surface area contributed by atoms with Crippen molar-refractivity contribution in [1.82, 2.24) is 5.32 Å². The second-order valence-corrected chi connectivity index (χ2v) is 17.3. The van der Waals surface area contributed by atoms with Crippen LogP contribution in [0.15, 0.2) is 23.3 Å². The van der Waals surface area contributed by atoms with Gasteiger partial charge in [-0.25, -0.2) is 4.79 Å². The number of alkyl carbamates (subject to hydrolysis) is 1. The number of esters is 1. The predicted molar refractivity (Wildman–Crippen MR) is 169 cm³/mol. The molecule has 0 heterocycles. The largest absolute Gasteiger partial charge is 0.464 e. The summed E-state index contributed by atoms with van der Waals surface area (Å²) in [6.07, 6.45) is 9.28. The van der Waals surface area contributed by atoms with Crippen molar-refractivity contribution < 1.29 is 28.7 Å². The third-order valence-corrected chi connectivity index (χ3v) is 13.0. The number of rotatable bonds is 4. The molecule has 8 heteroatoms. The van der Waals surface area contributed by atoms with Gasteiger partial charge in [0.2, 0.25) is 0 Å². The number of hydrogen-bond acceptors (Lipinski definition) is 7. The number of nitriles is 1. The highest BCUT2D eigenvalue weighted by atomic mass is 16.6. The summed E-state index contributed by atoms with van der Waals surface area (Å²) in [5, 5.41) is 12.3. The number of carbonyl (C=O) groups is 4. The molecular formula is C37H52N2O6. The molecule has 246 valence electrons. The number of amides is 1. The Hall–Kier alpha value is -2.95. The highest BCUT2D eigenvalue weighted by Crippen LogP contribution is 2.73. The normalized spacial score (nSPS) is 40.3. The van der Waals surface area contributed by atoms with E-state index in [1.54, 1.807) is 20.8 Å². The molecule has 45 heavy (non-hydrogen) atoms. The first-order chi connectivity index (χ1) is 20.7. The standard InChI is InChI=1S/C37H52N2O6/c1-22-24-10-11-35(8)27(34(24,7)17-23(19-38)30(22)42)16-26(40)29-25-18-33(5,6)12-14-37(25,15-13-36(29,35)9)21-44-28(41)20-39-31(43)45-32(2,3)4/h16-17,22,24-25,29H,10-15,18,20-21H2,1-9H3,(H,39,43). The van der Waals surface area contributed by atoms with E-state index >= 15 is 0 Å². The van der Waals surface area contributed by atoms with Crippen LogP contribution in [-0.2, 0) is 23.9 Å². The fourth-order valence-corrected chi connectivity index (χ4v) is 10.3. The first kappa shape index (κ1) is 33.4. The molecule has 1 amide bonds. The van der Waals surface area contributed by atoms with Crippen LogP contribution in [-0.4, -0.2) is 42.4 Å².